The van der Waals surface area contributed by atoms with E-state index in [9.17, 15) is 13.2 Å². The number of halogens is 1. The Labute approximate surface area is 149 Å². The molecule has 1 fully saturated rings. The molecule has 0 bridgehead atoms. The first-order valence-corrected chi connectivity index (χ1v) is 9.60. The first-order chi connectivity index (χ1) is 10.9. The summed E-state index contributed by atoms with van der Waals surface area (Å²) < 4.78 is 28.3. The Morgan fingerprint density at radius 1 is 1.29 bits per heavy atom. The van der Waals surface area contributed by atoms with Gasteiger partial charge in [0.2, 0.25) is 5.91 Å². The lowest BCUT2D eigenvalue weighted by Gasteiger charge is -2.34. The van der Waals surface area contributed by atoms with Crippen LogP contribution >= 0.6 is 12.4 Å². The molecular formula is C16H25ClN2O4S. The quantitative estimate of drug-likeness (QED) is 0.772. The molecule has 1 amide bonds. The molecule has 0 unspecified atom stereocenters. The Bertz CT molecular complexity index is 658. The standard InChI is InChI=1S/C16H24N2O4S.ClH/c1-22-14-6-4-3-5-13(14)7-10-18-15(19)16(23(2,20)21)8-11-17-12-9-16;/h3-6,17H,7-12H2,1-2H3,(H,18,19);1H. The predicted octanol–water partition coefficient (Wildman–Crippen LogP) is 0.942. The van der Waals surface area contributed by atoms with Crippen LogP contribution in [0.1, 0.15) is 18.4 Å². The first-order valence-electron chi connectivity index (χ1n) is 7.71. The minimum absolute atomic E-state index is 0. The van der Waals surface area contributed by atoms with Crippen LogP contribution in [0.3, 0.4) is 0 Å². The van der Waals surface area contributed by atoms with Crippen molar-refractivity contribution in [2.24, 2.45) is 0 Å². The van der Waals surface area contributed by atoms with Crippen molar-refractivity contribution in [1.82, 2.24) is 10.6 Å². The summed E-state index contributed by atoms with van der Waals surface area (Å²) in [4.78, 5) is 12.6. The lowest BCUT2D eigenvalue weighted by atomic mass is 9.95. The van der Waals surface area contributed by atoms with Crippen LogP contribution in [0.5, 0.6) is 5.75 Å². The molecule has 1 heterocycles. The van der Waals surface area contributed by atoms with Crippen LogP contribution in [-0.4, -0.2) is 52.1 Å². The maximum atomic E-state index is 12.6. The summed E-state index contributed by atoms with van der Waals surface area (Å²) in [5.74, 6) is 0.373. The highest BCUT2D eigenvalue weighted by molar-refractivity contribution is 7.92. The number of nitrogens with one attached hydrogen (secondary N) is 2. The molecular weight excluding hydrogens is 352 g/mol. The first kappa shape index (κ1) is 20.7. The molecule has 0 aromatic heterocycles. The van der Waals surface area contributed by atoms with E-state index in [0.717, 1.165) is 17.6 Å². The molecule has 2 N–H and O–H groups in total. The van der Waals surface area contributed by atoms with E-state index in [1.54, 1.807) is 7.11 Å². The van der Waals surface area contributed by atoms with E-state index in [1.165, 1.54) is 0 Å². The van der Waals surface area contributed by atoms with Crippen molar-refractivity contribution in [3.8, 4) is 5.75 Å². The number of para-hydroxylation sites is 1. The highest BCUT2D eigenvalue weighted by Crippen LogP contribution is 2.28. The Balaban J connectivity index is 0.00000288. The van der Waals surface area contributed by atoms with E-state index in [0.29, 0.717) is 38.9 Å². The number of methoxy groups -OCH3 is 1. The fraction of sp³-hybridized carbons (Fsp3) is 0.562. The van der Waals surface area contributed by atoms with Crippen molar-refractivity contribution < 1.29 is 17.9 Å². The highest BCUT2D eigenvalue weighted by atomic mass is 35.5. The average molecular weight is 377 g/mol. The van der Waals surface area contributed by atoms with Gasteiger partial charge in [-0.1, -0.05) is 18.2 Å². The summed E-state index contributed by atoms with van der Waals surface area (Å²) in [6.07, 6.45) is 2.37. The zero-order chi connectivity index (χ0) is 16.9. The molecule has 6 nitrogen and oxygen atoms in total. The lowest BCUT2D eigenvalue weighted by Crippen LogP contribution is -2.57. The Morgan fingerprint density at radius 2 is 1.92 bits per heavy atom. The minimum Gasteiger partial charge on any atom is -0.496 e. The molecule has 2 rings (SSSR count). The maximum Gasteiger partial charge on any atom is 0.241 e. The molecule has 1 aliphatic rings. The van der Waals surface area contributed by atoms with Gasteiger partial charge in [0.05, 0.1) is 7.11 Å². The van der Waals surface area contributed by atoms with Crippen molar-refractivity contribution in [2.75, 3.05) is 33.0 Å². The van der Waals surface area contributed by atoms with Gasteiger partial charge in [0.15, 0.2) is 14.6 Å². The van der Waals surface area contributed by atoms with E-state index in [2.05, 4.69) is 10.6 Å². The summed E-state index contributed by atoms with van der Waals surface area (Å²) in [6, 6.07) is 7.59. The number of carbonyl (C=O) groups is 1. The molecule has 24 heavy (non-hydrogen) atoms. The van der Waals surface area contributed by atoms with E-state index in [1.807, 2.05) is 24.3 Å². The van der Waals surface area contributed by atoms with Crippen molar-refractivity contribution in [3.05, 3.63) is 29.8 Å². The van der Waals surface area contributed by atoms with Gasteiger partial charge in [-0.2, -0.15) is 0 Å². The molecule has 1 saturated heterocycles. The van der Waals surface area contributed by atoms with E-state index < -0.39 is 20.5 Å². The van der Waals surface area contributed by atoms with Gasteiger partial charge in [-0.25, -0.2) is 8.42 Å². The van der Waals surface area contributed by atoms with Gasteiger partial charge >= 0.3 is 0 Å². The van der Waals surface area contributed by atoms with E-state index in [-0.39, 0.29) is 12.4 Å². The summed E-state index contributed by atoms with van der Waals surface area (Å²) in [7, 11) is -1.87. The molecule has 0 spiro atoms. The maximum absolute atomic E-state index is 12.6. The third-order valence-corrected chi connectivity index (χ3v) is 6.42. The second kappa shape index (κ2) is 8.69. The van der Waals surface area contributed by atoms with Gasteiger partial charge in [-0.15, -0.1) is 12.4 Å². The summed E-state index contributed by atoms with van der Waals surface area (Å²) in [6.45, 7) is 1.45. The van der Waals surface area contributed by atoms with Crippen molar-refractivity contribution in [1.29, 1.82) is 0 Å². The number of sulfone groups is 1. The van der Waals surface area contributed by atoms with Crippen LogP contribution in [0.25, 0.3) is 0 Å². The molecule has 0 aliphatic carbocycles. The molecule has 8 heteroatoms. The largest absolute Gasteiger partial charge is 0.496 e. The van der Waals surface area contributed by atoms with Crippen molar-refractivity contribution in [3.63, 3.8) is 0 Å². The normalized spacial score (nSPS) is 16.8. The number of ether oxygens (including phenoxy) is 1. The highest BCUT2D eigenvalue weighted by Gasteiger charge is 2.48. The van der Waals surface area contributed by atoms with Gasteiger partial charge in [0, 0.05) is 12.8 Å². The number of benzene rings is 1. The Kier molecular flexibility index (Phi) is 7.51. The second-order valence-electron chi connectivity index (χ2n) is 5.83. The van der Waals surface area contributed by atoms with Gasteiger partial charge in [-0.3, -0.25) is 4.79 Å². The van der Waals surface area contributed by atoms with Crippen LogP contribution in [0.2, 0.25) is 0 Å². The van der Waals surface area contributed by atoms with Crippen molar-refractivity contribution in [2.45, 2.75) is 24.0 Å². The average Bonchev–Trinajstić information content (AvgIpc) is 2.54. The van der Waals surface area contributed by atoms with Crippen LogP contribution in [0, 0.1) is 0 Å². The summed E-state index contributed by atoms with van der Waals surface area (Å²) in [5, 5.41) is 5.90. The van der Waals surface area contributed by atoms with Gasteiger partial charge in [-0.05, 0) is 44.0 Å². The molecule has 0 radical (unpaired) electrons. The van der Waals surface area contributed by atoms with Crippen LogP contribution in [-0.2, 0) is 21.1 Å². The van der Waals surface area contributed by atoms with E-state index >= 15 is 0 Å². The summed E-state index contributed by atoms with van der Waals surface area (Å²) in [5.41, 5.74) is 0.981. The Hall–Kier alpha value is -1.31. The van der Waals surface area contributed by atoms with Crippen LogP contribution in [0.4, 0.5) is 0 Å². The number of carbonyl (C=O) groups excluding carboxylic acids is 1. The SMILES string of the molecule is COc1ccccc1CCNC(=O)C1(S(C)(=O)=O)CCNCC1.Cl. The minimum atomic E-state index is -3.47. The lowest BCUT2D eigenvalue weighted by molar-refractivity contribution is -0.124. The Morgan fingerprint density at radius 3 is 2.50 bits per heavy atom. The van der Waals surface area contributed by atoms with Crippen LogP contribution in [0.15, 0.2) is 24.3 Å². The molecule has 136 valence electrons. The van der Waals surface area contributed by atoms with Gasteiger partial charge < -0.3 is 15.4 Å². The van der Waals surface area contributed by atoms with E-state index in [4.69, 9.17) is 4.74 Å². The molecule has 0 atom stereocenters. The second-order valence-corrected chi connectivity index (χ2v) is 8.16. The number of amides is 1. The molecule has 1 aromatic carbocycles. The molecule has 1 aromatic rings. The monoisotopic (exact) mass is 376 g/mol. The molecule has 1 aliphatic heterocycles. The molecule has 0 saturated carbocycles. The predicted molar refractivity (Wildman–Crippen MR) is 96.6 cm³/mol. The van der Waals surface area contributed by atoms with Gasteiger partial charge in [0.1, 0.15) is 5.75 Å². The third-order valence-electron chi connectivity index (χ3n) is 4.41. The fourth-order valence-electron chi connectivity index (χ4n) is 2.98. The zero-order valence-corrected chi connectivity index (χ0v) is 15.6. The number of piperidine rings is 1. The van der Waals surface area contributed by atoms with Gasteiger partial charge in [0.25, 0.3) is 0 Å². The van der Waals surface area contributed by atoms with Crippen molar-refractivity contribution >= 4 is 28.2 Å². The van der Waals surface area contributed by atoms with Crippen LogP contribution < -0.4 is 15.4 Å². The number of hydrogen-bond donors (Lipinski definition) is 2. The fourth-order valence-corrected chi connectivity index (χ4v) is 4.33. The number of hydrogen-bond acceptors (Lipinski definition) is 5. The topological polar surface area (TPSA) is 84.5 Å². The zero-order valence-electron chi connectivity index (χ0n) is 14.0. The third kappa shape index (κ3) is 4.40. The summed E-state index contributed by atoms with van der Waals surface area (Å²) >= 11 is 0. The number of rotatable bonds is 6. The smallest absolute Gasteiger partial charge is 0.241 e.